The molecule has 1 aliphatic heterocycles. The number of amides is 1. The highest BCUT2D eigenvalue weighted by molar-refractivity contribution is 5.95. The van der Waals surface area contributed by atoms with E-state index < -0.39 is 0 Å². The molecule has 1 amide bonds. The van der Waals surface area contributed by atoms with Gasteiger partial charge in [0.1, 0.15) is 0 Å². The summed E-state index contributed by atoms with van der Waals surface area (Å²) in [7, 11) is 0. The third-order valence-electron chi connectivity index (χ3n) is 3.08. The number of nitrogens with one attached hydrogen (secondary N) is 1. The molecule has 90 valence electrons. The van der Waals surface area contributed by atoms with E-state index in [9.17, 15) is 4.79 Å². The highest BCUT2D eigenvalue weighted by atomic mass is 16.7. The van der Waals surface area contributed by atoms with Gasteiger partial charge in [0.05, 0.1) is 6.10 Å². The fraction of sp³-hybridized carbons (Fsp3) is 0.417. The Morgan fingerprint density at radius 1 is 1.29 bits per heavy atom. The van der Waals surface area contributed by atoms with Crippen molar-refractivity contribution in [3.05, 3.63) is 23.8 Å². The SMILES string of the molecule is O=C(NC1CC(O)C1)c1ccc2c(c1)OCO2. The predicted octanol–water partition coefficient (Wildman–Crippen LogP) is 0.668. The average molecular weight is 235 g/mol. The minimum atomic E-state index is -0.267. The maximum atomic E-state index is 11.9. The van der Waals surface area contributed by atoms with E-state index in [1.807, 2.05) is 0 Å². The number of hydrogen-bond acceptors (Lipinski definition) is 4. The molecule has 1 aromatic carbocycles. The van der Waals surface area contributed by atoms with E-state index in [1.54, 1.807) is 18.2 Å². The van der Waals surface area contributed by atoms with Crippen molar-refractivity contribution in [2.75, 3.05) is 6.79 Å². The fourth-order valence-corrected chi connectivity index (χ4v) is 2.01. The molecule has 1 fully saturated rings. The second kappa shape index (κ2) is 3.92. The summed E-state index contributed by atoms with van der Waals surface area (Å²) in [5.74, 6) is 1.13. The van der Waals surface area contributed by atoms with Gasteiger partial charge < -0.3 is 19.9 Å². The highest BCUT2D eigenvalue weighted by Gasteiger charge is 2.29. The van der Waals surface area contributed by atoms with Crippen molar-refractivity contribution >= 4 is 5.91 Å². The van der Waals surface area contributed by atoms with Crippen LogP contribution in [0.2, 0.25) is 0 Å². The first kappa shape index (κ1) is 10.4. The van der Waals surface area contributed by atoms with E-state index in [-0.39, 0.29) is 24.8 Å². The Bertz CT molecular complexity index is 454. The summed E-state index contributed by atoms with van der Waals surface area (Å²) < 4.78 is 10.4. The topological polar surface area (TPSA) is 67.8 Å². The predicted molar refractivity (Wildman–Crippen MR) is 59.1 cm³/mol. The molecular formula is C12H13NO4. The van der Waals surface area contributed by atoms with Crippen molar-refractivity contribution in [3.8, 4) is 11.5 Å². The molecule has 0 radical (unpaired) electrons. The molecule has 1 aromatic rings. The number of carbonyl (C=O) groups excluding carboxylic acids is 1. The van der Waals surface area contributed by atoms with Gasteiger partial charge in [-0.2, -0.15) is 0 Å². The first-order chi connectivity index (χ1) is 8.22. The van der Waals surface area contributed by atoms with Crippen molar-refractivity contribution < 1.29 is 19.4 Å². The van der Waals surface area contributed by atoms with Gasteiger partial charge in [-0.05, 0) is 31.0 Å². The van der Waals surface area contributed by atoms with Crippen molar-refractivity contribution in [3.63, 3.8) is 0 Å². The monoisotopic (exact) mass is 235 g/mol. The van der Waals surface area contributed by atoms with Gasteiger partial charge in [0.25, 0.3) is 5.91 Å². The molecule has 2 N–H and O–H groups in total. The van der Waals surface area contributed by atoms with Gasteiger partial charge in [0, 0.05) is 11.6 Å². The van der Waals surface area contributed by atoms with Crippen molar-refractivity contribution in [1.82, 2.24) is 5.32 Å². The van der Waals surface area contributed by atoms with Crippen molar-refractivity contribution in [2.45, 2.75) is 25.0 Å². The number of ether oxygens (including phenoxy) is 2. The van der Waals surface area contributed by atoms with Crippen LogP contribution in [-0.2, 0) is 0 Å². The molecule has 0 unspecified atom stereocenters. The summed E-state index contributed by atoms with van der Waals surface area (Å²) in [5, 5.41) is 12.0. The molecule has 5 heteroatoms. The largest absolute Gasteiger partial charge is 0.454 e. The van der Waals surface area contributed by atoms with Crippen LogP contribution in [-0.4, -0.2) is 30.0 Å². The molecule has 1 heterocycles. The lowest BCUT2D eigenvalue weighted by molar-refractivity contribution is 0.0562. The molecule has 17 heavy (non-hydrogen) atoms. The van der Waals surface area contributed by atoms with Crippen molar-refractivity contribution in [2.24, 2.45) is 0 Å². The van der Waals surface area contributed by atoms with E-state index in [2.05, 4.69) is 5.32 Å². The van der Waals surface area contributed by atoms with Crippen LogP contribution in [0.1, 0.15) is 23.2 Å². The number of aliphatic hydroxyl groups excluding tert-OH is 1. The lowest BCUT2D eigenvalue weighted by atomic mass is 9.89. The van der Waals surface area contributed by atoms with Gasteiger partial charge in [-0.15, -0.1) is 0 Å². The van der Waals surface area contributed by atoms with Crippen LogP contribution in [0.4, 0.5) is 0 Å². The van der Waals surface area contributed by atoms with Crippen LogP contribution >= 0.6 is 0 Å². The Kier molecular flexibility index (Phi) is 2.40. The molecule has 0 spiro atoms. The number of aliphatic hydroxyl groups is 1. The van der Waals surface area contributed by atoms with E-state index in [1.165, 1.54) is 0 Å². The third-order valence-corrected chi connectivity index (χ3v) is 3.08. The molecule has 5 nitrogen and oxygen atoms in total. The van der Waals surface area contributed by atoms with E-state index >= 15 is 0 Å². The maximum absolute atomic E-state index is 11.9. The number of fused-ring (bicyclic) bond motifs is 1. The van der Waals surface area contributed by atoms with Gasteiger partial charge in [-0.25, -0.2) is 0 Å². The molecular weight excluding hydrogens is 222 g/mol. The molecule has 0 saturated heterocycles. The van der Waals surface area contributed by atoms with Gasteiger partial charge in [-0.3, -0.25) is 4.79 Å². The summed E-state index contributed by atoms with van der Waals surface area (Å²) in [5.41, 5.74) is 0.552. The standard InChI is InChI=1S/C12H13NO4/c14-9-4-8(5-9)13-12(15)7-1-2-10-11(3-7)17-6-16-10/h1-3,8-9,14H,4-6H2,(H,13,15). The number of hydrogen-bond donors (Lipinski definition) is 2. The third kappa shape index (κ3) is 1.93. The Labute approximate surface area is 98.3 Å². The number of carbonyl (C=O) groups is 1. The van der Waals surface area contributed by atoms with Gasteiger partial charge >= 0.3 is 0 Å². The molecule has 0 aromatic heterocycles. The molecule has 0 bridgehead atoms. The quantitative estimate of drug-likeness (QED) is 0.790. The maximum Gasteiger partial charge on any atom is 0.251 e. The highest BCUT2D eigenvalue weighted by Crippen LogP contribution is 2.32. The van der Waals surface area contributed by atoms with Crippen LogP contribution in [0, 0.1) is 0 Å². The van der Waals surface area contributed by atoms with Gasteiger partial charge in [-0.1, -0.05) is 0 Å². The smallest absolute Gasteiger partial charge is 0.251 e. The summed E-state index contributed by atoms with van der Waals surface area (Å²) in [6, 6.07) is 5.19. The minimum absolute atomic E-state index is 0.0860. The Morgan fingerprint density at radius 3 is 2.82 bits per heavy atom. The molecule has 1 saturated carbocycles. The van der Waals surface area contributed by atoms with Gasteiger partial charge in [0.15, 0.2) is 11.5 Å². The first-order valence-electron chi connectivity index (χ1n) is 5.61. The fourth-order valence-electron chi connectivity index (χ4n) is 2.01. The summed E-state index contributed by atoms with van der Waals surface area (Å²) in [6.45, 7) is 0.204. The van der Waals surface area contributed by atoms with Crippen LogP contribution < -0.4 is 14.8 Å². The molecule has 1 aliphatic carbocycles. The van der Waals surface area contributed by atoms with Crippen LogP contribution in [0.3, 0.4) is 0 Å². The average Bonchev–Trinajstić information content (AvgIpc) is 2.73. The Balaban J connectivity index is 1.69. The van der Waals surface area contributed by atoms with E-state index in [0.29, 0.717) is 29.9 Å². The molecule has 2 aliphatic rings. The van der Waals surface area contributed by atoms with E-state index in [0.717, 1.165) is 0 Å². The summed E-state index contributed by atoms with van der Waals surface area (Å²) in [4.78, 5) is 11.9. The number of rotatable bonds is 2. The van der Waals surface area contributed by atoms with Crippen LogP contribution in [0.25, 0.3) is 0 Å². The van der Waals surface area contributed by atoms with E-state index in [4.69, 9.17) is 14.6 Å². The zero-order valence-corrected chi connectivity index (χ0v) is 9.18. The second-order valence-corrected chi connectivity index (χ2v) is 4.36. The van der Waals surface area contributed by atoms with Crippen LogP contribution in [0.15, 0.2) is 18.2 Å². The zero-order valence-electron chi connectivity index (χ0n) is 9.18. The zero-order chi connectivity index (χ0) is 11.8. The summed E-state index contributed by atoms with van der Waals surface area (Å²) in [6.07, 6.45) is 1.00. The molecule has 3 rings (SSSR count). The Morgan fingerprint density at radius 2 is 2.06 bits per heavy atom. The first-order valence-corrected chi connectivity index (χ1v) is 5.61. The molecule has 0 atom stereocenters. The minimum Gasteiger partial charge on any atom is -0.454 e. The van der Waals surface area contributed by atoms with Gasteiger partial charge in [0.2, 0.25) is 6.79 Å². The summed E-state index contributed by atoms with van der Waals surface area (Å²) >= 11 is 0. The van der Waals surface area contributed by atoms with Crippen molar-refractivity contribution in [1.29, 1.82) is 0 Å². The second-order valence-electron chi connectivity index (χ2n) is 4.36. The number of benzene rings is 1. The lowest BCUT2D eigenvalue weighted by Gasteiger charge is -2.31. The lowest BCUT2D eigenvalue weighted by Crippen LogP contribution is -2.46. The Hall–Kier alpha value is -1.75. The normalized spacial score (nSPS) is 25.2. The van der Waals surface area contributed by atoms with Crippen LogP contribution in [0.5, 0.6) is 11.5 Å².